The van der Waals surface area contributed by atoms with Crippen molar-refractivity contribution in [2.75, 3.05) is 60.5 Å². The number of nitrogens with one attached hydrogen (secondary N) is 3. The van der Waals surface area contributed by atoms with Crippen molar-refractivity contribution in [3.8, 4) is 0 Å². The van der Waals surface area contributed by atoms with Crippen LogP contribution in [0.15, 0.2) is 0 Å². The molecule has 0 radical (unpaired) electrons. The monoisotopic (exact) mass is 979 g/mol. The Labute approximate surface area is 438 Å². The third-order valence-corrected chi connectivity index (χ3v) is 11.7. The summed E-state index contributed by atoms with van der Waals surface area (Å²) in [5.74, 6) is 0.799. The van der Waals surface area contributed by atoms with E-state index in [2.05, 4.69) is 301 Å². The second-order valence-electron chi connectivity index (χ2n) is 27.1. The third kappa shape index (κ3) is 91.9. The molecule has 0 aliphatic heterocycles. The number of hydrogen-bond acceptors (Lipinski definition) is 7. The van der Waals surface area contributed by atoms with Crippen LogP contribution in [0.5, 0.6) is 0 Å². The van der Waals surface area contributed by atoms with Gasteiger partial charge < -0.3 is 30.5 Å². The van der Waals surface area contributed by atoms with Crippen molar-refractivity contribution in [2.45, 2.75) is 316 Å². The third-order valence-electron chi connectivity index (χ3n) is 11.7. The topological polar surface area (TPSA) is 55.0 Å². The molecular weight excluding hydrogens is 833 g/mol. The first kappa shape index (κ1) is 87.4. The molecule has 0 aliphatic rings. The fourth-order valence-corrected chi connectivity index (χ4v) is 4.57. The highest BCUT2D eigenvalue weighted by Gasteiger charge is 2.27. The van der Waals surface area contributed by atoms with Crippen LogP contribution in [0.4, 0.5) is 0 Å². The summed E-state index contributed by atoms with van der Waals surface area (Å²) >= 11 is 0. The Balaban J connectivity index is -0.0000000825. The fraction of sp³-hybridized carbons (Fsp3) is 1.00. The lowest BCUT2D eigenvalue weighted by atomic mass is 9.71. The molecule has 0 aliphatic carbocycles. The lowest BCUT2D eigenvalue weighted by molar-refractivity contribution is 0.110. The molecule has 3 N–H and O–H groups in total. The summed E-state index contributed by atoms with van der Waals surface area (Å²) in [5, 5.41) is 9.90. The smallest absolute Gasteiger partial charge is 0.0589 e. The van der Waals surface area contributed by atoms with Crippen molar-refractivity contribution < 1.29 is 4.74 Å². The van der Waals surface area contributed by atoms with Gasteiger partial charge in [0, 0.05) is 61.0 Å². The van der Waals surface area contributed by atoms with E-state index in [4.69, 9.17) is 4.74 Å². The van der Waals surface area contributed by atoms with Gasteiger partial charge in [-0.3, -0.25) is 4.90 Å². The van der Waals surface area contributed by atoms with E-state index >= 15 is 0 Å². The molecule has 0 amide bonds. The minimum absolute atomic E-state index is 0.262. The predicted octanol–water partition coefficient (Wildman–Crippen LogP) is 17.2. The maximum atomic E-state index is 4.97. The van der Waals surface area contributed by atoms with Crippen molar-refractivity contribution in [1.29, 1.82) is 0 Å². The lowest BCUT2D eigenvalue weighted by Crippen LogP contribution is -2.40. The molecule has 0 atom stereocenters. The van der Waals surface area contributed by atoms with Crippen LogP contribution in [0.25, 0.3) is 0 Å². The Morgan fingerprint density at radius 1 is 0.485 bits per heavy atom. The molecule has 0 rings (SSSR count). The molecule has 0 aromatic heterocycles. The second-order valence-corrected chi connectivity index (χ2v) is 27.1. The van der Waals surface area contributed by atoms with Crippen LogP contribution in [-0.4, -0.2) is 123 Å². The van der Waals surface area contributed by atoms with Gasteiger partial charge in [-0.05, 0) is 144 Å². The van der Waals surface area contributed by atoms with Crippen molar-refractivity contribution in [3.63, 3.8) is 0 Å². The van der Waals surface area contributed by atoms with Gasteiger partial charge >= 0.3 is 0 Å². The molecule has 68 heavy (non-hydrogen) atoms. The molecule has 0 unspecified atom stereocenters. The zero-order valence-corrected chi connectivity index (χ0v) is 55.9. The van der Waals surface area contributed by atoms with Crippen LogP contribution < -0.4 is 16.0 Å². The summed E-state index contributed by atoms with van der Waals surface area (Å²) in [6.45, 7) is 88.2. The van der Waals surface area contributed by atoms with E-state index in [1.54, 1.807) is 7.11 Å². The van der Waals surface area contributed by atoms with Gasteiger partial charge in [-0.2, -0.15) is 0 Å². The normalized spacial score (nSPS) is 12.1. The summed E-state index contributed by atoms with van der Waals surface area (Å²) in [7, 11) is 5.97. The molecule has 7 heteroatoms. The molecule has 0 aromatic rings. The number of methoxy groups -OCH3 is 1. The van der Waals surface area contributed by atoms with Gasteiger partial charge in [-0.1, -0.05) is 193 Å². The zero-order chi connectivity index (χ0) is 57.3. The van der Waals surface area contributed by atoms with Gasteiger partial charge in [0.1, 0.15) is 0 Å². The first-order valence-corrected chi connectivity index (χ1v) is 27.9. The van der Waals surface area contributed by atoms with Gasteiger partial charge in [0.05, 0.1) is 6.61 Å². The summed E-state index contributed by atoms with van der Waals surface area (Å²) in [6, 6.07) is 3.90. The van der Waals surface area contributed by atoms with Crippen molar-refractivity contribution in [1.82, 2.24) is 30.7 Å². The summed E-state index contributed by atoms with van der Waals surface area (Å²) < 4.78 is 4.97. The molecule has 0 bridgehead atoms. The molecule has 0 heterocycles. The van der Waals surface area contributed by atoms with E-state index in [0.717, 1.165) is 32.2 Å². The average molecular weight is 980 g/mol. The molecular formula is C61H146N6O. The second kappa shape index (κ2) is 47.7. The molecule has 0 fully saturated rings. The van der Waals surface area contributed by atoms with E-state index < -0.39 is 0 Å². The Kier molecular flexibility index (Phi) is 61.3. The average Bonchev–Trinajstić information content (AvgIpc) is 3.09. The minimum atomic E-state index is 0.262. The number of ether oxygens (including phenoxy) is 1. The number of hydrogen-bond donors (Lipinski definition) is 3. The van der Waals surface area contributed by atoms with Gasteiger partial charge in [0.25, 0.3) is 0 Å². The Morgan fingerprint density at radius 2 is 0.838 bits per heavy atom. The van der Waals surface area contributed by atoms with Crippen molar-refractivity contribution >= 4 is 0 Å². The van der Waals surface area contributed by atoms with Crippen LogP contribution in [0.3, 0.4) is 0 Å². The minimum Gasteiger partial charge on any atom is -0.383 e. The number of rotatable bonds is 14. The highest BCUT2D eigenvalue weighted by atomic mass is 16.5. The predicted molar refractivity (Wildman–Crippen MR) is 324 cm³/mol. The van der Waals surface area contributed by atoms with Crippen LogP contribution in [0.2, 0.25) is 0 Å². The van der Waals surface area contributed by atoms with Crippen LogP contribution in [0.1, 0.15) is 269 Å². The van der Waals surface area contributed by atoms with E-state index in [0.29, 0.717) is 57.9 Å². The van der Waals surface area contributed by atoms with Crippen LogP contribution in [-0.2, 0) is 4.74 Å². The maximum absolute atomic E-state index is 4.97. The van der Waals surface area contributed by atoms with Crippen molar-refractivity contribution in [2.24, 2.45) is 27.6 Å². The van der Waals surface area contributed by atoms with E-state index in [1.807, 2.05) is 0 Å². The van der Waals surface area contributed by atoms with Gasteiger partial charge in [-0.15, -0.1) is 0 Å². The maximum Gasteiger partial charge on any atom is 0.0589 e. The SMILES string of the molecule is CC(C)(C)C(C)(C)C.CC(C)C(C)(C)C.CC(C)NC(C)(C)C.CC(C)NC(C)C.CCCC(C)(C)C.CCN(C)C(C)C.CCN(CC)C(C)C.CCNC(C)C.COCCN(C)C(C)(C)C. The quantitative estimate of drug-likeness (QED) is 0.160. The summed E-state index contributed by atoms with van der Waals surface area (Å²) in [5.41, 5.74) is 2.46. The molecule has 0 saturated heterocycles. The highest BCUT2D eigenvalue weighted by Crippen LogP contribution is 2.36. The number of likely N-dealkylation sites (N-methyl/N-ethyl adjacent to an activating group) is 1. The molecule has 0 saturated carbocycles. The summed E-state index contributed by atoms with van der Waals surface area (Å²) in [4.78, 5) is 6.98. The highest BCUT2D eigenvalue weighted by molar-refractivity contribution is 4.77. The van der Waals surface area contributed by atoms with Crippen molar-refractivity contribution in [3.05, 3.63) is 0 Å². The Hall–Kier alpha value is -0.280. The Morgan fingerprint density at radius 3 is 0.882 bits per heavy atom. The van der Waals surface area contributed by atoms with Crippen LogP contribution >= 0.6 is 0 Å². The zero-order valence-electron chi connectivity index (χ0n) is 55.9. The molecule has 426 valence electrons. The van der Waals surface area contributed by atoms with Gasteiger partial charge in [0.2, 0.25) is 0 Å². The first-order valence-electron chi connectivity index (χ1n) is 27.9. The van der Waals surface area contributed by atoms with E-state index in [-0.39, 0.29) is 11.1 Å². The first-order chi connectivity index (χ1) is 29.9. The fourth-order valence-electron chi connectivity index (χ4n) is 4.57. The van der Waals surface area contributed by atoms with Crippen LogP contribution in [0, 0.1) is 27.6 Å². The molecule has 7 nitrogen and oxygen atoms in total. The van der Waals surface area contributed by atoms with E-state index in [9.17, 15) is 0 Å². The standard InChI is InChI=1S/C8H19NO.C8H18.2C7H17N.2C7H16.2C6H15N.C5H13N/c1-8(2,3)9(4)6-7-10-5;1-7(2,3)8(4,5)6;1-6(2)8-7(3,4)5;1-5-8(6-2)7(3)4;1-6(2)7(3,4)5;1-5-6-7(2,3)4;1-5-7(4)6(2)3;1-5(2)7-6(3)4;1-4-6-5(2)3/h6-7H2,1-5H3;1-6H3;6,8H,1-5H3;7H,5-6H2,1-4H3;6H,1-5H3;5-6H2,1-4H3;6H,5H2,1-4H3;5-7H,1-4H3;5-6H,4H2,1-3H3. The van der Waals surface area contributed by atoms with E-state index in [1.165, 1.54) is 25.9 Å². The van der Waals surface area contributed by atoms with Gasteiger partial charge in [-0.25, -0.2) is 0 Å². The Bertz CT molecular complexity index is 924. The molecule has 0 aromatic carbocycles. The van der Waals surface area contributed by atoms with Gasteiger partial charge in [0.15, 0.2) is 0 Å². The lowest BCUT2D eigenvalue weighted by Gasteiger charge is -2.34. The molecule has 0 spiro atoms. The number of nitrogens with zero attached hydrogens (tertiary/aromatic N) is 3. The largest absolute Gasteiger partial charge is 0.383 e. The summed E-state index contributed by atoms with van der Waals surface area (Å²) in [6.07, 6.45) is 2.65.